The molecule has 22 heavy (non-hydrogen) atoms. The summed E-state index contributed by atoms with van der Waals surface area (Å²) in [5.41, 5.74) is 4.80. The molecule has 3 aliphatic rings. The number of piperidine rings is 1. The predicted octanol–water partition coefficient (Wildman–Crippen LogP) is 0.122. The second-order valence-corrected chi connectivity index (χ2v) is 6.46. The van der Waals surface area contributed by atoms with E-state index in [1.807, 2.05) is 4.90 Å². The Labute approximate surface area is 129 Å². The van der Waals surface area contributed by atoms with Crippen LogP contribution in [0.3, 0.4) is 0 Å². The van der Waals surface area contributed by atoms with Gasteiger partial charge in [-0.15, -0.1) is 0 Å². The monoisotopic (exact) mass is 303 g/mol. The molecule has 0 aromatic heterocycles. The molecule has 1 saturated carbocycles. The number of hydrogen-bond acceptors (Lipinski definition) is 5. The number of carbonyl (C=O) groups is 2. The quantitative estimate of drug-likeness (QED) is 0.716. The molecule has 2 heterocycles. The number of nitrogens with two attached hydrogens (primary N) is 1. The van der Waals surface area contributed by atoms with E-state index >= 15 is 0 Å². The molecule has 1 saturated heterocycles. The van der Waals surface area contributed by atoms with Gasteiger partial charge in [0.05, 0.1) is 11.6 Å². The maximum atomic E-state index is 12.3. The summed E-state index contributed by atoms with van der Waals surface area (Å²) >= 11 is 0. The SMILES string of the molecule is N#C[C@@H]1C(=O)NC(N2CCC(C(N)=O)CC2)=NC12CCCC2. The van der Waals surface area contributed by atoms with Gasteiger partial charge in [0.25, 0.3) is 0 Å². The number of guanidine groups is 1. The largest absolute Gasteiger partial charge is 0.369 e. The third-order valence-electron chi connectivity index (χ3n) is 5.16. The van der Waals surface area contributed by atoms with Crippen molar-refractivity contribution in [3.63, 3.8) is 0 Å². The first kappa shape index (κ1) is 14.8. The van der Waals surface area contributed by atoms with Crippen molar-refractivity contribution in [2.45, 2.75) is 44.1 Å². The summed E-state index contributed by atoms with van der Waals surface area (Å²) in [6.45, 7) is 1.31. The van der Waals surface area contributed by atoms with Crippen LogP contribution in [0.25, 0.3) is 0 Å². The number of nitrogens with zero attached hydrogens (tertiary/aromatic N) is 3. The minimum atomic E-state index is -0.693. The number of nitrogens with one attached hydrogen (secondary N) is 1. The summed E-state index contributed by atoms with van der Waals surface area (Å²) in [5.74, 6) is -0.718. The van der Waals surface area contributed by atoms with Gasteiger partial charge in [0.15, 0.2) is 5.92 Å². The van der Waals surface area contributed by atoms with E-state index in [4.69, 9.17) is 10.7 Å². The summed E-state index contributed by atoms with van der Waals surface area (Å²) in [6, 6.07) is 2.13. The van der Waals surface area contributed by atoms with Crippen LogP contribution in [0.2, 0.25) is 0 Å². The lowest BCUT2D eigenvalue weighted by Crippen LogP contribution is -2.57. The Bertz CT molecular complexity index is 551. The fourth-order valence-electron chi connectivity index (χ4n) is 3.82. The van der Waals surface area contributed by atoms with Gasteiger partial charge in [-0.05, 0) is 25.7 Å². The van der Waals surface area contributed by atoms with E-state index in [0.29, 0.717) is 31.9 Å². The molecule has 3 N–H and O–H groups in total. The highest BCUT2D eigenvalue weighted by atomic mass is 16.2. The summed E-state index contributed by atoms with van der Waals surface area (Å²) in [6.07, 6.45) is 4.95. The van der Waals surface area contributed by atoms with Crippen LogP contribution in [0.1, 0.15) is 38.5 Å². The van der Waals surface area contributed by atoms with Crippen molar-refractivity contribution >= 4 is 17.8 Å². The second-order valence-electron chi connectivity index (χ2n) is 6.46. The highest BCUT2D eigenvalue weighted by Crippen LogP contribution is 2.41. The lowest BCUT2D eigenvalue weighted by atomic mass is 9.82. The van der Waals surface area contributed by atoms with Gasteiger partial charge in [-0.1, -0.05) is 12.8 Å². The Morgan fingerprint density at radius 3 is 2.55 bits per heavy atom. The van der Waals surface area contributed by atoms with Crippen LogP contribution in [-0.2, 0) is 9.59 Å². The van der Waals surface area contributed by atoms with Crippen LogP contribution in [0.5, 0.6) is 0 Å². The summed E-state index contributed by atoms with van der Waals surface area (Å²) in [5, 5.41) is 12.1. The lowest BCUT2D eigenvalue weighted by Gasteiger charge is -2.39. The average molecular weight is 303 g/mol. The van der Waals surface area contributed by atoms with Gasteiger partial charge in [-0.25, -0.2) is 4.99 Å². The van der Waals surface area contributed by atoms with Crippen molar-refractivity contribution in [2.75, 3.05) is 13.1 Å². The fraction of sp³-hybridized carbons (Fsp3) is 0.733. The third kappa shape index (κ3) is 2.43. The van der Waals surface area contributed by atoms with Crippen LogP contribution in [0, 0.1) is 23.2 Å². The molecule has 0 radical (unpaired) electrons. The van der Waals surface area contributed by atoms with Crippen molar-refractivity contribution in [1.82, 2.24) is 10.2 Å². The van der Waals surface area contributed by atoms with Gasteiger partial charge >= 0.3 is 0 Å². The first-order valence-electron chi connectivity index (χ1n) is 7.90. The van der Waals surface area contributed by atoms with E-state index in [2.05, 4.69) is 11.4 Å². The maximum Gasteiger partial charge on any atom is 0.246 e. The molecule has 2 fully saturated rings. The van der Waals surface area contributed by atoms with Gasteiger partial charge in [0, 0.05) is 19.0 Å². The third-order valence-corrected chi connectivity index (χ3v) is 5.16. The van der Waals surface area contributed by atoms with E-state index in [9.17, 15) is 14.9 Å². The second kappa shape index (κ2) is 5.59. The van der Waals surface area contributed by atoms with E-state index in [1.165, 1.54) is 0 Å². The molecular formula is C15H21N5O2. The fourth-order valence-corrected chi connectivity index (χ4v) is 3.82. The van der Waals surface area contributed by atoms with Crippen LogP contribution in [0.15, 0.2) is 4.99 Å². The Morgan fingerprint density at radius 2 is 2.00 bits per heavy atom. The molecule has 0 unspecified atom stereocenters. The van der Waals surface area contributed by atoms with Gasteiger partial charge in [-0.2, -0.15) is 5.26 Å². The Balaban J connectivity index is 1.80. The number of primary amides is 1. The summed E-state index contributed by atoms with van der Waals surface area (Å²) < 4.78 is 0. The van der Waals surface area contributed by atoms with Crippen molar-refractivity contribution in [3.05, 3.63) is 0 Å². The predicted molar refractivity (Wildman–Crippen MR) is 79.4 cm³/mol. The van der Waals surface area contributed by atoms with E-state index < -0.39 is 11.5 Å². The van der Waals surface area contributed by atoms with Gasteiger partial charge in [-0.3, -0.25) is 14.9 Å². The number of likely N-dealkylation sites (tertiary alicyclic amines) is 1. The first-order valence-corrected chi connectivity index (χ1v) is 7.90. The molecule has 1 atom stereocenters. The molecular weight excluding hydrogens is 282 g/mol. The Hall–Kier alpha value is -2.10. The van der Waals surface area contributed by atoms with E-state index in [1.54, 1.807) is 0 Å². The van der Waals surface area contributed by atoms with Crippen LogP contribution in [-0.4, -0.2) is 41.3 Å². The van der Waals surface area contributed by atoms with Crippen LogP contribution in [0.4, 0.5) is 0 Å². The lowest BCUT2D eigenvalue weighted by molar-refractivity contribution is -0.125. The Kier molecular flexibility index (Phi) is 3.77. The number of aliphatic imine (C=N–C) groups is 1. The maximum absolute atomic E-state index is 12.3. The van der Waals surface area contributed by atoms with Crippen molar-refractivity contribution in [1.29, 1.82) is 5.26 Å². The van der Waals surface area contributed by atoms with Gasteiger partial charge in [0.2, 0.25) is 17.8 Å². The van der Waals surface area contributed by atoms with Crippen molar-refractivity contribution < 1.29 is 9.59 Å². The highest BCUT2D eigenvalue weighted by Gasteiger charge is 2.49. The van der Waals surface area contributed by atoms with Gasteiger partial charge < -0.3 is 10.6 Å². The number of amides is 2. The molecule has 3 rings (SSSR count). The average Bonchev–Trinajstić information content (AvgIpc) is 2.95. The topological polar surface area (TPSA) is 112 Å². The molecule has 2 aliphatic heterocycles. The van der Waals surface area contributed by atoms with Crippen LogP contribution >= 0.6 is 0 Å². The smallest absolute Gasteiger partial charge is 0.246 e. The molecule has 0 bridgehead atoms. The molecule has 7 nitrogen and oxygen atoms in total. The van der Waals surface area contributed by atoms with Gasteiger partial charge in [0.1, 0.15) is 0 Å². The standard InChI is InChI=1S/C15H21N5O2/c16-9-11-13(22)18-14(19-15(11)5-1-2-6-15)20-7-3-10(4-8-20)12(17)21/h10-11H,1-8H2,(H2,17,21)(H,18,19,22)/t11-/m1/s1. The normalized spacial score (nSPS) is 28.1. The highest BCUT2D eigenvalue weighted by molar-refractivity contribution is 6.02. The molecule has 1 spiro atoms. The zero-order valence-electron chi connectivity index (χ0n) is 12.5. The first-order chi connectivity index (χ1) is 10.6. The molecule has 1 aliphatic carbocycles. The van der Waals surface area contributed by atoms with E-state index in [-0.39, 0.29) is 17.7 Å². The minimum Gasteiger partial charge on any atom is -0.369 e. The van der Waals surface area contributed by atoms with Crippen LogP contribution < -0.4 is 11.1 Å². The van der Waals surface area contributed by atoms with Crippen molar-refractivity contribution in [3.8, 4) is 6.07 Å². The molecule has 0 aromatic rings. The number of rotatable bonds is 1. The number of nitriles is 1. The molecule has 118 valence electrons. The molecule has 7 heteroatoms. The van der Waals surface area contributed by atoms with Crippen molar-refractivity contribution in [2.24, 2.45) is 22.6 Å². The Morgan fingerprint density at radius 1 is 1.36 bits per heavy atom. The zero-order chi connectivity index (χ0) is 15.7. The summed E-state index contributed by atoms with van der Waals surface area (Å²) in [4.78, 5) is 30.3. The summed E-state index contributed by atoms with van der Waals surface area (Å²) in [7, 11) is 0. The zero-order valence-corrected chi connectivity index (χ0v) is 12.5. The number of hydrogen-bond donors (Lipinski definition) is 2. The van der Waals surface area contributed by atoms with E-state index in [0.717, 1.165) is 25.7 Å². The molecule has 2 amide bonds. The molecule has 0 aromatic carbocycles. The number of carbonyl (C=O) groups excluding carboxylic acids is 2. The minimum absolute atomic E-state index is 0.0940.